The van der Waals surface area contributed by atoms with Crippen molar-refractivity contribution in [2.24, 2.45) is 5.92 Å². The van der Waals surface area contributed by atoms with E-state index < -0.39 is 0 Å². The van der Waals surface area contributed by atoms with Gasteiger partial charge in [0.2, 0.25) is 0 Å². The van der Waals surface area contributed by atoms with Gasteiger partial charge in [0.25, 0.3) is 0 Å². The molecular weight excluding hydrogens is 304 g/mol. The summed E-state index contributed by atoms with van der Waals surface area (Å²) >= 11 is 6.05. The van der Waals surface area contributed by atoms with E-state index in [0.717, 1.165) is 64.7 Å². The summed E-state index contributed by atoms with van der Waals surface area (Å²) in [6, 6.07) is 1.82. The highest BCUT2D eigenvalue weighted by atomic mass is 35.5. The van der Waals surface area contributed by atoms with Gasteiger partial charge in [-0.3, -0.25) is 4.98 Å². The summed E-state index contributed by atoms with van der Waals surface area (Å²) in [5.74, 6) is 1.32. The minimum atomic E-state index is 0.233. The Morgan fingerprint density at radius 3 is 2.91 bits per heavy atom. The van der Waals surface area contributed by atoms with Crippen LogP contribution in [0.3, 0.4) is 0 Å². The molecule has 2 saturated heterocycles. The first-order valence-electron chi connectivity index (χ1n) is 7.95. The number of likely N-dealkylation sites (tertiary alicyclic amines) is 1. The highest BCUT2D eigenvalue weighted by Crippen LogP contribution is 2.24. The van der Waals surface area contributed by atoms with E-state index in [2.05, 4.69) is 9.88 Å². The van der Waals surface area contributed by atoms with Crippen LogP contribution in [0.25, 0.3) is 0 Å². The van der Waals surface area contributed by atoms with Crippen LogP contribution >= 0.6 is 11.6 Å². The van der Waals surface area contributed by atoms with Gasteiger partial charge in [-0.05, 0) is 31.8 Å². The summed E-state index contributed by atoms with van der Waals surface area (Å²) in [6.07, 6.45) is 5.85. The molecule has 0 amide bonds. The molecule has 1 aromatic heterocycles. The predicted molar refractivity (Wildman–Crippen MR) is 84.5 cm³/mol. The van der Waals surface area contributed by atoms with Crippen LogP contribution in [0.1, 0.15) is 12.8 Å². The average molecular weight is 327 g/mol. The molecule has 0 aromatic carbocycles. The number of hydrogen-bond donors (Lipinski definition) is 0. The molecule has 0 bridgehead atoms. The van der Waals surface area contributed by atoms with E-state index >= 15 is 0 Å². The maximum absolute atomic E-state index is 6.05. The van der Waals surface area contributed by atoms with E-state index in [1.54, 1.807) is 12.4 Å². The second-order valence-electron chi connectivity index (χ2n) is 5.93. The first kappa shape index (κ1) is 16.0. The fraction of sp³-hybridized carbons (Fsp3) is 0.688. The Morgan fingerprint density at radius 1 is 1.32 bits per heavy atom. The number of rotatable bonds is 5. The number of hydrogen-bond acceptors (Lipinski definition) is 5. The van der Waals surface area contributed by atoms with Crippen molar-refractivity contribution in [2.75, 3.05) is 46.1 Å². The zero-order valence-electron chi connectivity index (χ0n) is 12.7. The Hall–Kier alpha value is -0.880. The van der Waals surface area contributed by atoms with Gasteiger partial charge in [-0.2, -0.15) is 0 Å². The van der Waals surface area contributed by atoms with Gasteiger partial charge in [-0.25, -0.2) is 0 Å². The van der Waals surface area contributed by atoms with Crippen molar-refractivity contribution in [3.63, 3.8) is 0 Å². The smallest absolute Gasteiger partial charge is 0.141 e. The van der Waals surface area contributed by atoms with Crippen LogP contribution < -0.4 is 4.74 Å². The van der Waals surface area contributed by atoms with Gasteiger partial charge in [0.05, 0.1) is 32.5 Å². The quantitative estimate of drug-likeness (QED) is 0.830. The zero-order chi connectivity index (χ0) is 15.2. The van der Waals surface area contributed by atoms with Gasteiger partial charge < -0.3 is 19.1 Å². The fourth-order valence-corrected chi connectivity index (χ4v) is 3.13. The highest BCUT2D eigenvalue weighted by Gasteiger charge is 2.24. The zero-order valence-corrected chi connectivity index (χ0v) is 13.5. The highest BCUT2D eigenvalue weighted by molar-refractivity contribution is 6.31. The minimum Gasteiger partial charge on any atom is -0.492 e. The lowest BCUT2D eigenvalue weighted by molar-refractivity contribution is -0.0995. The molecular formula is C16H23ClN2O3. The van der Waals surface area contributed by atoms with Gasteiger partial charge in [-0.1, -0.05) is 11.6 Å². The Morgan fingerprint density at radius 2 is 2.18 bits per heavy atom. The van der Waals surface area contributed by atoms with E-state index in [9.17, 15) is 0 Å². The maximum Gasteiger partial charge on any atom is 0.141 e. The summed E-state index contributed by atoms with van der Waals surface area (Å²) in [5.41, 5.74) is 0. The third kappa shape index (κ3) is 4.56. The average Bonchev–Trinajstić information content (AvgIpc) is 2.56. The number of nitrogens with zero attached hydrogens (tertiary/aromatic N) is 2. The summed E-state index contributed by atoms with van der Waals surface area (Å²) in [7, 11) is 0. The second-order valence-corrected chi connectivity index (χ2v) is 6.34. The van der Waals surface area contributed by atoms with Gasteiger partial charge in [0.1, 0.15) is 10.8 Å². The molecule has 2 fully saturated rings. The van der Waals surface area contributed by atoms with E-state index in [-0.39, 0.29) is 6.10 Å². The van der Waals surface area contributed by atoms with Gasteiger partial charge in [-0.15, -0.1) is 0 Å². The topological polar surface area (TPSA) is 43.8 Å². The normalized spacial score (nSPS) is 24.3. The molecule has 6 heteroatoms. The minimum absolute atomic E-state index is 0.233. The standard InChI is InChI=1S/C16H23ClN2O3/c17-15-9-18-4-1-16(15)22-11-13-2-5-19(6-3-13)10-14-12-20-7-8-21-14/h1,4,9,13-14H,2-3,5-8,10-12H2. The lowest BCUT2D eigenvalue weighted by atomic mass is 9.97. The number of piperidine rings is 1. The van der Waals surface area contributed by atoms with Crippen LogP contribution in [0.4, 0.5) is 0 Å². The van der Waals surface area contributed by atoms with Gasteiger partial charge in [0.15, 0.2) is 0 Å². The third-order valence-electron chi connectivity index (χ3n) is 4.26. The molecule has 3 heterocycles. The molecule has 0 N–H and O–H groups in total. The van der Waals surface area contributed by atoms with Crippen LogP contribution in [-0.4, -0.2) is 62.0 Å². The van der Waals surface area contributed by atoms with Crippen molar-refractivity contribution < 1.29 is 14.2 Å². The van der Waals surface area contributed by atoms with E-state index in [4.69, 9.17) is 25.8 Å². The molecule has 1 atom stereocenters. The lowest BCUT2D eigenvalue weighted by Gasteiger charge is -2.35. The van der Waals surface area contributed by atoms with Crippen LogP contribution in [0, 0.1) is 5.92 Å². The van der Waals surface area contributed by atoms with Crippen molar-refractivity contribution >= 4 is 11.6 Å². The maximum atomic E-state index is 6.05. The molecule has 0 saturated carbocycles. The molecule has 1 aromatic rings. The second kappa shape index (κ2) is 8.11. The Kier molecular flexibility index (Phi) is 5.89. The molecule has 22 heavy (non-hydrogen) atoms. The van der Waals surface area contributed by atoms with Crippen LogP contribution in [0.2, 0.25) is 5.02 Å². The Labute approximate surface area is 136 Å². The number of aromatic nitrogens is 1. The Bertz CT molecular complexity index is 460. The SMILES string of the molecule is Clc1cnccc1OCC1CCN(CC2COCCO2)CC1. The fourth-order valence-electron chi connectivity index (χ4n) is 2.95. The summed E-state index contributed by atoms with van der Waals surface area (Å²) in [4.78, 5) is 6.43. The Balaban J connectivity index is 1.37. The van der Waals surface area contributed by atoms with E-state index in [0.29, 0.717) is 10.9 Å². The predicted octanol–water partition coefficient (Wildman–Crippen LogP) is 2.24. The molecule has 1 unspecified atom stereocenters. The lowest BCUT2D eigenvalue weighted by Crippen LogP contribution is -2.43. The van der Waals surface area contributed by atoms with Crippen molar-refractivity contribution in [1.29, 1.82) is 0 Å². The van der Waals surface area contributed by atoms with Crippen molar-refractivity contribution in [2.45, 2.75) is 18.9 Å². The largest absolute Gasteiger partial charge is 0.492 e. The summed E-state index contributed by atoms with van der Waals surface area (Å²) in [5, 5.41) is 0.578. The van der Waals surface area contributed by atoms with Crippen molar-refractivity contribution in [3.05, 3.63) is 23.5 Å². The monoisotopic (exact) mass is 326 g/mol. The molecule has 5 nitrogen and oxygen atoms in total. The molecule has 2 aliphatic rings. The number of pyridine rings is 1. The first-order chi connectivity index (χ1) is 10.8. The van der Waals surface area contributed by atoms with E-state index in [1.807, 2.05) is 6.07 Å². The molecule has 0 radical (unpaired) electrons. The van der Waals surface area contributed by atoms with Crippen LogP contribution in [-0.2, 0) is 9.47 Å². The molecule has 3 rings (SSSR count). The number of halogens is 1. The van der Waals surface area contributed by atoms with Crippen molar-refractivity contribution in [3.8, 4) is 5.75 Å². The number of ether oxygens (including phenoxy) is 3. The van der Waals surface area contributed by atoms with Gasteiger partial charge in [0, 0.05) is 25.0 Å². The molecule has 0 spiro atoms. The van der Waals surface area contributed by atoms with Crippen LogP contribution in [0.15, 0.2) is 18.5 Å². The summed E-state index contributed by atoms with van der Waals surface area (Å²) < 4.78 is 17.0. The van der Waals surface area contributed by atoms with Crippen molar-refractivity contribution in [1.82, 2.24) is 9.88 Å². The molecule has 2 aliphatic heterocycles. The van der Waals surface area contributed by atoms with E-state index in [1.165, 1.54) is 0 Å². The van der Waals surface area contributed by atoms with Gasteiger partial charge >= 0.3 is 0 Å². The molecule has 122 valence electrons. The molecule has 0 aliphatic carbocycles. The summed E-state index contributed by atoms with van der Waals surface area (Å²) in [6.45, 7) is 6.07. The third-order valence-corrected chi connectivity index (χ3v) is 4.55. The van der Waals surface area contributed by atoms with Crippen LogP contribution in [0.5, 0.6) is 5.75 Å². The first-order valence-corrected chi connectivity index (χ1v) is 8.33.